The van der Waals surface area contributed by atoms with Crippen molar-refractivity contribution >= 4 is 27.6 Å². The van der Waals surface area contributed by atoms with Gasteiger partial charge in [0, 0.05) is 30.7 Å². The van der Waals surface area contributed by atoms with Gasteiger partial charge in [-0.1, -0.05) is 6.42 Å². The number of nitrogens with two attached hydrogens (primary N) is 1. The first-order valence-corrected chi connectivity index (χ1v) is 7.74. The standard InChI is InChI=1S/C14H19BrN4O/c1-9-12(15)10(3-6-17-9)18-13(20)19-7-11(16)14(8-19)4-2-5-14/h3,6,11H,2,4-5,7-8,16H2,1H3,(H,17,18,20). The molecule has 5 nitrogen and oxygen atoms in total. The third-order valence-corrected chi connectivity index (χ3v) is 5.65. The van der Waals surface area contributed by atoms with Crippen LogP contribution < -0.4 is 11.1 Å². The number of anilines is 1. The molecule has 1 saturated carbocycles. The largest absolute Gasteiger partial charge is 0.326 e. The van der Waals surface area contributed by atoms with E-state index >= 15 is 0 Å². The van der Waals surface area contributed by atoms with E-state index in [4.69, 9.17) is 5.73 Å². The molecule has 1 aromatic rings. The molecule has 108 valence electrons. The predicted molar refractivity (Wildman–Crippen MR) is 81.5 cm³/mol. The molecule has 20 heavy (non-hydrogen) atoms. The van der Waals surface area contributed by atoms with Crippen LogP contribution in [0.2, 0.25) is 0 Å². The van der Waals surface area contributed by atoms with E-state index in [0.717, 1.165) is 35.2 Å². The minimum Gasteiger partial charge on any atom is -0.326 e. The van der Waals surface area contributed by atoms with Gasteiger partial charge in [-0.2, -0.15) is 0 Å². The van der Waals surface area contributed by atoms with Crippen LogP contribution in [-0.4, -0.2) is 35.0 Å². The van der Waals surface area contributed by atoms with E-state index in [2.05, 4.69) is 26.2 Å². The zero-order valence-corrected chi connectivity index (χ0v) is 13.1. The lowest BCUT2D eigenvalue weighted by Gasteiger charge is -2.41. The maximum Gasteiger partial charge on any atom is 0.321 e. The third-order valence-electron chi connectivity index (χ3n) is 4.65. The van der Waals surface area contributed by atoms with E-state index < -0.39 is 0 Å². The summed E-state index contributed by atoms with van der Waals surface area (Å²) in [5, 5.41) is 2.94. The van der Waals surface area contributed by atoms with Gasteiger partial charge < -0.3 is 16.0 Å². The van der Waals surface area contributed by atoms with E-state index in [1.54, 1.807) is 12.3 Å². The highest BCUT2D eigenvalue weighted by Crippen LogP contribution is 2.47. The molecule has 1 saturated heterocycles. The Hall–Kier alpha value is -1.14. The summed E-state index contributed by atoms with van der Waals surface area (Å²) < 4.78 is 0.829. The first kappa shape index (κ1) is 13.8. The molecule has 1 aliphatic carbocycles. The number of urea groups is 1. The van der Waals surface area contributed by atoms with Crippen LogP contribution in [0.4, 0.5) is 10.5 Å². The van der Waals surface area contributed by atoms with Crippen LogP contribution in [0.1, 0.15) is 25.0 Å². The summed E-state index contributed by atoms with van der Waals surface area (Å²) in [6.07, 6.45) is 5.23. The number of halogens is 1. The summed E-state index contributed by atoms with van der Waals surface area (Å²) in [5.74, 6) is 0. The SMILES string of the molecule is Cc1nccc(NC(=O)N2CC(N)C3(CCC3)C2)c1Br. The fraction of sp³-hybridized carbons (Fsp3) is 0.571. The number of rotatable bonds is 1. The molecule has 2 heterocycles. The van der Waals surface area contributed by atoms with Gasteiger partial charge in [-0.05, 0) is 41.8 Å². The zero-order chi connectivity index (χ0) is 14.3. The molecule has 1 aliphatic heterocycles. The molecule has 6 heteroatoms. The van der Waals surface area contributed by atoms with Crippen LogP contribution >= 0.6 is 15.9 Å². The quantitative estimate of drug-likeness (QED) is 0.826. The number of amides is 2. The van der Waals surface area contributed by atoms with Crippen molar-refractivity contribution in [1.29, 1.82) is 0 Å². The minimum atomic E-state index is -0.0736. The second-order valence-corrected chi connectivity index (χ2v) is 6.68. The molecule has 2 amide bonds. The van der Waals surface area contributed by atoms with Crippen LogP contribution in [0, 0.1) is 12.3 Å². The van der Waals surface area contributed by atoms with Gasteiger partial charge in [0.2, 0.25) is 0 Å². The fourth-order valence-electron chi connectivity index (χ4n) is 3.15. The number of aryl methyl sites for hydroxylation is 1. The van der Waals surface area contributed by atoms with Gasteiger partial charge in [0.1, 0.15) is 0 Å². The number of carbonyl (C=O) groups excluding carboxylic acids is 1. The van der Waals surface area contributed by atoms with Crippen LogP contribution in [0.25, 0.3) is 0 Å². The zero-order valence-electron chi connectivity index (χ0n) is 11.5. The van der Waals surface area contributed by atoms with Crippen LogP contribution in [0.15, 0.2) is 16.7 Å². The molecule has 3 rings (SSSR count). The van der Waals surface area contributed by atoms with Gasteiger partial charge in [0.25, 0.3) is 0 Å². The van der Waals surface area contributed by atoms with Gasteiger partial charge in [0.05, 0.1) is 15.9 Å². The fourth-order valence-corrected chi connectivity index (χ4v) is 3.48. The Labute approximate surface area is 127 Å². The Morgan fingerprint density at radius 3 is 2.95 bits per heavy atom. The normalized spacial score (nSPS) is 23.8. The highest BCUT2D eigenvalue weighted by Gasteiger charge is 2.49. The number of hydrogen-bond acceptors (Lipinski definition) is 3. The lowest BCUT2D eigenvalue weighted by atomic mass is 9.66. The Morgan fingerprint density at radius 2 is 2.35 bits per heavy atom. The topological polar surface area (TPSA) is 71.2 Å². The van der Waals surface area contributed by atoms with Gasteiger partial charge in [-0.25, -0.2) is 4.79 Å². The Balaban J connectivity index is 1.70. The van der Waals surface area contributed by atoms with Crippen LogP contribution in [-0.2, 0) is 0 Å². The van der Waals surface area contributed by atoms with Crippen molar-refractivity contribution in [2.45, 2.75) is 32.2 Å². The van der Waals surface area contributed by atoms with Crippen molar-refractivity contribution in [3.8, 4) is 0 Å². The van der Waals surface area contributed by atoms with Gasteiger partial charge in [-0.15, -0.1) is 0 Å². The van der Waals surface area contributed by atoms with Crippen molar-refractivity contribution < 1.29 is 4.79 Å². The minimum absolute atomic E-state index is 0.0736. The Bertz CT molecular complexity index is 544. The molecule has 1 spiro atoms. The average Bonchev–Trinajstić information content (AvgIpc) is 2.73. The second-order valence-electron chi connectivity index (χ2n) is 5.89. The number of carbonyl (C=O) groups is 1. The monoisotopic (exact) mass is 338 g/mol. The second kappa shape index (κ2) is 5.00. The van der Waals surface area contributed by atoms with E-state index in [1.165, 1.54) is 6.42 Å². The summed E-state index contributed by atoms with van der Waals surface area (Å²) in [6, 6.07) is 1.84. The van der Waals surface area contributed by atoms with E-state index in [9.17, 15) is 4.79 Å². The van der Waals surface area contributed by atoms with Crippen LogP contribution in [0.3, 0.4) is 0 Å². The van der Waals surface area contributed by atoms with Gasteiger partial charge in [-0.3, -0.25) is 4.98 Å². The van der Waals surface area contributed by atoms with E-state index in [0.29, 0.717) is 6.54 Å². The molecule has 1 unspecified atom stereocenters. The smallest absolute Gasteiger partial charge is 0.321 e. The number of hydrogen-bond donors (Lipinski definition) is 2. The summed E-state index contributed by atoms with van der Waals surface area (Å²) >= 11 is 3.46. The maximum absolute atomic E-state index is 12.4. The number of aromatic nitrogens is 1. The summed E-state index contributed by atoms with van der Waals surface area (Å²) in [6.45, 7) is 3.32. The Kier molecular flexibility index (Phi) is 3.46. The maximum atomic E-state index is 12.4. The number of pyridine rings is 1. The van der Waals surface area contributed by atoms with Crippen molar-refractivity contribution in [2.75, 3.05) is 18.4 Å². The molecule has 1 atom stereocenters. The predicted octanol–water partition coefficient (Wildman–Crippen LogP) is 2.50. The Morgan fingerprint density at radius 1 is 1.60 bits per heavy atom. The van der Waals surface area contributed by atoms with E-state index in [-0.39, 0.29) is 17.5 Å². The van der Waals surface area contributed by atoms with Crippen molar-refractivity contribution in [3.05, 3.63) is 22.4 Å². The van der Waals surface area contributed by atoms with Crippen molar-refractivity contribution in [1.82, 2.24) is 9.88 Å². The summed E-state index contributed by atoms with van der Waals surface area (Å²) in [7, 11) is 0. The number of nitrogens with zero attached hydrogens (tertiary/aromatic N) is 2. The first-order chi connectivity index (χ1) is 9.52. The molecule has 3 N–H and O–H groups in total. The summed E-state index contributed by atoms with van der Waals surface area (Å²) in [5.41, 5.74) is 8.01. The molecule has 0 aromatic carbocycles. The molecule has 0 radical (unpaired) electrons. The van der Waals surface area contributed by atoms with Crippen molar-refractivity contribution in [3.63, 3.8) is 0 Å². The first-order valence-electron chi connectivity index (χ1n) is 6.94. The molecule has 0 bridgehead atoms. The lowest BCUT2D eigenvalue weighted by Crippen LogP contribution is -2.45. The van der Waals surface area contributed by atoms with Gasteiger partial charge >= 0.3 is 6.03 Å². The third kappa shape index (κ3) is 2.20. The molecule has 1 aromatic heterocycles. The average molecular weight is 339 g/mol. The van der Waals surface area contributed by atoms with Gasteiger partial charge in [0.15, 0.2) is 0 Å². The lowest BCUT2D eigenvalue weighted by molar-refractivity contribution is 0.127. The molecule has 2 aliphatic rings. The highest BCUT2D eigenvalue weighted by molar-refractivity contribution is 9.10. The van der Waals surface area contributed by atoms with Crippen LogP contribution in [0.5, 0.6) is 0 Å². The number of nitrogens with one attached hydrogen (secondary N) is 1. The molecule has 2 fully saturated rings. The molecular weight excluding hydrogens is 320 g/mol. The summed E-state index contributed by atoms with van der Waals surface area (Å²) in [4.78, 5) is 18.4. The molecular formula is C14H19BrN4O. The van der Waals surface area contributed by atoms with Crippen molar-refractivity contribution in [2.24, 2.45) is 11.1 Å². The van der Waals surface area contributed by atoms with E-state index in [1.807, 2.05) is 11.8 Å². The highest BCUT2D eigenvalue weighted by atomic mass is 79.9. The number of likely N-dealkylation sites (tertiary alicyclic amines) is 1.